The zero-order valence-corrected chi connectivity index (χ0v) is 43.4. The van der Waals surface area contributed by atoms with Gasteiger partial charge in [0.05, 0.1) is 25.6 Å². The summed E-state index contributed by atoms with van der Waals surface area (Å²) in [5, 5.41) is 0. The van der Waals surface area contributed by atoms with Crippen LogP contribution < -0.4 is 0 Å². The number of rotatable bonds is 45. The van der Waals surface area contributed by atoms with Gasteiger partial charge >= 0.3 is 24.1 Å². The fraction of sp³-hybridized carbons (Fsp3) is 0.855. The van der Waals surface area contributed by atoms with E-state index in [-0.39, 0.29) is 51.2 Å². The molecule has 0 bridgehead atoms. The standard InChI is InChI=1S/C55H99NO11/c1-6-11-15-19-21-28-40-62-54(63-41-29-22-20-16-12-7-2)37-36-53(59)65-46-50(47-67-55(60)66-44-49-33-30-39-56(10-5)43-49)45-64-52(58)35-27-23-26-34-51(57)61-42-38-48(31-24-17-13-8-3)32-25-18-14-9-4/h11-12,15-16,48-50,54H,6-10,13-14,17-47H2,1-5H3/b15-11-,16-12-. The molecule has 1 saturated heterocycles. The van der Waals surface area contributed by atoms with Gasteiger partial charge in [0.1, 0.15) is 19.8 Å². The molecule has 0 aromatic carbocycles. The molecule has 0 radical (unpaired) electrons. The molecule has 1 rings (SSSR count). The number of hydrogen-bond acceptors (Lipinski definition) is 12. The van der Waals surface area contributed by atoms with Crippen LogP contribution in [-0.4, -0.2) is 101 Å². The Bertz CT molecular complexity index is 1220. The maximum Gasteiger partial charge on any atom is 0.508 e. The molecule has 0 aromatic rings. The van der Waals surface area contributed by atoms with Crippen molar-refractivity contribution in [2.75, 3.05) is 65.9 Å². The number of ether oxygens (including phenoxy) is 7. The summed E-state index contributed by atoms with van der Waals surface area (Å²) in [5.74, 6) is -0.732. The van der Waals surface area contributed by atoms with Crippen molar-refractivity contribution >= 4 is 24.1 Å². The summed E-state index contributed by atoms with van der Waals surface area (Å²) in [6, 6.07) is 0. The first-order chi connectivity index (χ1) is 32.7. The number of esters is 3. The van der Waals surface area contributed by atoms with Crippen molar-refractivity contribution in [1.82, 2.24) is 4.90 Å². The van der Waals surface area contributed by atoms with E-state index in [0.29, 0.717) is 57.8 Å². The maximum absolute atomic E-state index is 13.0. The monoisotopic (exact) mass is 950 g/mol. The molecule has 0 saturated carbocycles. The second-order valence-corrected chi connectivity index (χ2v) is 18.6. The van der Waals surface area contributed by atoms with Gasteiger partial charge in [0, 0.05) is 44.9 Å². The first kappa shape index (κ1) is 62.1. The Labute approximate surface area is 408 Å². The number of hydrogen-bond donors (Lipinski definition) is 0. The van der Waals surface area contributed by atoms with Crippen LogP contribution in [0.5, 0.6) is 0 Å². The summed E-state index contributed by atoms with van der Waals surface area (Å²) >= 11 is 0. The molecule has 1 heterocycles. The van der Waals surface area contributed by atoms with E-state index in [1.54, 1.807) is 0 Å². The molecule has 0 aliphatic carbocycles. The molecule has 2 atom stereocenters. The van der Waals surface area contributed by atoms with Crippen LogP contribution in [0.4, 0.5) is 4.79 Å². The topological polar surface area (TPSA) is 136 Å². The third-order valence-corrected chi connectivity index (χ3v) is 12.4. The van der Waals surface area contributed by atoms with Gasteiger partial charge in [-0.2, -0.15) is 0 Å². The highest BCUT2D eigenvalue weighted by Crippen LogP contribution is 2.22. The minimum Gasteiger partial charge on any atom is -0.466 e. The van der Waals surface area contributed by atoms with Crippen LogP contribution in [-0.2, 0) is 47.5 Å². The van der Waals surface area contributed by atoms with Gasteiger partial charge in [-0.15, -0.1) is 0 Å². The van der Waals surface area contributed by atoms with E-state index in [2.05, 4.69) is 63.8 Å². The first-order valence-corrected chi connectivity index (χ1v) is 27.3. The SMILES string of the molecule is CC/C=C\CCCCOC(CCC(=O)OCC(COC(=O)CCCCCC(=O)OCCC(CCCCCC)CCCCCC)COC(=O)OCC1CCCN(CC)C1)OCCCC/C=C\CC. The lowest BCUT2D eigenvalue weighted by molar-refractivity contribution is -0.161. The summed E-state index contributed by atoms with van der Waals surface area (Å²) in [6.07, 6.45) is 33.7. The van der Waals surface area contributed by atoms with Crippen molar-refractivity contribution in [3.63, 3.8) is 0 Å². The van der Waals surface area contributed by atoms with Crippen molar-refractivity contribution in [2.24, 2.45) is 17.8 Å². The molecule has 0 amide bonds. The van der Waals surface area contributed by atoms with Crippen molar-refractivity contribution in [3.05, 3.63) is 24.3 Å². The number of carbonyl (C=O) groups is 4. The first-order valence-electron chi connectivity index (χ1n) is 27.3. The maximum atomic E-state index is 13.0. The predicted octanol–water partition coefficient (Wildman–Crippen LogP) is 13.4. The Morgan fingerprint density at radius 1 is 0.522 bits per heavy atom. The van der Waals surface area contributed by atoms with Crippen LogP contribution in [0.2, 0.25) is 0 Å². The Kier molecular flexibility index (Phi) is 42.1. The molecule has 1 fully saturated rings. The van der Waals surface area contributed by atoms with Gasteiger partial charge in [0.2, 0.25) is 0 Å². The van der Waals surface area contributed by atoms with Gasteiger partial charge < -0.3 is 38.1 Å². The van der Waals surface area contributed by atoms with Gasteiger partial charge in [0.15, 0.2) is 6.29 Å². The third kappa shape index (κ3) is 38.6. The Balaban J connectivity index is 2.62. The smallest absolute Gasteiger partial charge is 0.466 e. The minimum atomic E-state index is -0.792. The summed E-state index contributed by atoms with van der Waals surface area (Å²) in [7, 11) is 0. The van der Waals surface area contributed by atoms with Gasteiger partial charge in [0.25, 0.3) is 0 Å². The molecule has 0 spiro atoms. The molecular weight excluding hydrogens is 851 g/mol. The minimum absolute atomic E-state index is 0.0844. The fourth-order valence-electron chi connectivity index (χ4n) is 8.16. The van der Waals surface area contributed by atoms with Crippen LogP contribution >= 0.6 is 0 Å². The largest absolute Gasteiger partial charge is 0.508 e. The molecule has 390 valence electrons. The van der Waals surface area contributed by atoms with Crippen molar-refractivity contribution in [1.29, 1.82) is 0 Å². The normalized spacial score (nSPS) is 14.9. The van der Waals surface area contributed by atoms with Crippen LogP contribution in [0, 0.1) is 17.8 Å². The number of likely N-dealkylation sites (tertiary alicyclic amines) is 1. The molecular formula is C55H99NO11. The Morgan fingerprint density at radius 3 is 1.64 bits per heavy atom. The highest BCUT2D eigenvalue weighted by atomic mass is 16.7. The van der Waals surface area contributed by atoms with E-state index < -0.39 is 30.3 Å². The highest BCUT2D eigenvalue weighted by molar-refractivity contribution is 5.70. The summed E-state index contributed by atoms with van der Waals surface area (Å²) in [4.78, 5) is 53.4. The zero-order chi connectivity index (χ0) is 48.8. The van der Waals surface area contributed by atoms with Gasteiger partial charge in [-0.05, 0) is 102 Å². The fourth-order valence-corrected chi connectivity index (χ4v) is 8.16. The molecule has 2 unspecified atom stereocenters. The quantitative estimate of drug-likeness (QED) is 0.0189. The summed E-state index contributed by atoms with van der Waals surface area (Å²) < 4.78 is 39.9. The van der Waals surface area contributed by atoms with Gasteiger partial charge in [-0.25, -0.2) is 4.79 Å². The molecule has 12 nitrogen and oxygen atoms in total. The van der Waals surface area contributed by atoms with E-state index >= 15 is 0 Å². The van der Waals surface area contributed by atoms with E-state index in [1.807, 2.05) is 0 Å². The van der Waals surface area contributed by atoms with E-state index in [1.165, 1.54) is 64.2 Å². The van der Waals surface area contributed by atoms with Crippen molar-refractivity contribution in [2.45, 2.75) is 221 Å². The molecule has 67 heavy (non-hydrogen) atoms. The van der Waals surface area contributed by atoms with E-state index in [0.717, 1.165) is 90.3 Å². The molecule has 0 N–H and O–H groups in total. The molecule has 1 aliphatic heterocycles. The number of allylic oxidation sites excluding steroid dienone is 4. The molecule has 0 aromatic heterocycles. The summed E-state index contributed by atoms with van der Waals surface area (Å²) in [6.45, 7) is 15.3. The lowest BCUT2D eigenvalue weighted by atomic mass is 9.92. The van der Waals surface area contributed by atoms with Crippen LogP contribution in [0.15, 0.2) is 24.3 Å². The van der Waals surface area contributed by atoms with Crippen molar-refractivity contribution in [3.8, 4) is 0 Å². The predicted molar refractivity (Wildman–Crippen MR) is 269 cm³/mol. The number of carbonyl (C=O) groups excluding carboxylic acids is 4. The molecule has 12 heteroatoms. The van der Waals surface area contributed by atoms with Crippen LogP contribution in [0.1, 0.15) is 214 Å². The zero-order valence-electron chi connectivity index (χ0n) is 43.4. The van der Waals surface area contributed by atoms with Gasteiger partial charge in [-0.1, -0.05) is 130 Å². The second kappa shape index (κ2) is 45.5. The third-order valence-electron chi connectivity index (χ3n) is 12.4. The Hall–Kier alpha value is -2.96. The Morgan fingerprint density at radius 2 is 1.07 bits per heavy atom. The van der Waals surface area contributed by atoms with Crippen LogP contribution in [0.3, 0.4) is 0 Å². The number of unbranched alkanes of at least 4 members (excludes halogenated alkanes) is 12. The number of piperidine rings is 1. The average molecular weight is 950 g/mol. The van der Waals surface area contributed by atoms with Crippen LogP contribution in [0.25, 0.3) is 0 Å². The number of nitrogens with zero attached hydrogens (tertiary/aromatic N) is 1. The lowest BCUT2D eigenvalue weighted by Crippen LogP contribution is -2.37. The molecule has 1 aliphatic rings. The lowest BCUT2D eigenvalue weighted by Gasteiger charge is -2.31. The van der Waals surface area contributed by atoms with Gasteiger partial charge in [-0.3, -0.25) is 14.4 Å². The summed E-state index contributed by atoms with van der Waals surface area (Å²) in [5.41, 5.74) is 0. The van der Waals surface area contributed by atoms with E-state index in [4.69, 9.17) is 33.2 Å². The average Bonchev–Trinajstić information content (AvgIpc) is 3.33. The highest BCUT2D eigenvalue weighted by Gasteiger charge is 2.23. The second-order valence-electron chi connectivity index (χ2n) is 18.6. The van der Waals surface area contributed by atoms with Crippen molar-refractivity contribution < 1.29 is 52.3 Å². The van der Waals surface area contributed by atoms with E-state index in [9.17, 15) is 19.2 Å².